The second-order valence-corrected chi connectivity index (χ2v) is 33.6. The minimum Gasteiger partial charge on any atom is -0.466 e. The zero-order chi connectivity index (χ0) is 90.1. The van der Waals surface area contributed by atoms with Gasteiger partial charge in [0.25, 0.3) is 16.7 Å². The molecule has 6 aromatic carbocycles. The second kappa shape index (κ2) is 40.7. The fraction of sp³-hybridized carbons (Fsp3) is 0.259. The van der Waals surface area contributed by atoms with Crippen molar-refractivity contribution in [3.05, 3.63) is 256 Å². The van der Waals surface area contributed by atoms with E-state index in [2.05, 4.69) is 30.2 Å². The number of hydrogen-bond donors (Lipinski definition) is 2. The van der Waals surface area contributed by atoms with Crippen LogP contribution in [-0.2, 0) is 120 Å². The number of alkyl halides is 9. The number of hydrogen-bond acceptors (Lipinski definition) is 29. The third kappa shape index (κ3) is 23.6. The van der Waals surface area contributed by atoms with Crippen molar-refractivity contribution in [2.75, 3.05) is 19.8 Å². The van der Waals surface area contributed by atoms with Crippen molar-refractivity contribution < 1.29 is 96.7 Å². The van der Waals surface area contributed by atoms with E-state index in [1.165, 1.54) is 56.9 Å². The van der Waals surface area contributed by atoms with Crippen LogP contribution in [0.2, 0.25) is 0 Å². The molecule has 0 spiro atoms. The number of nitrogens with two attached hydrogens (primary N) is 2. The van der Waals surface area contributed by atoms with Gasteiger partial charge in [-0.05, 0) is 148 Å². The highest BCUT2D eigenvalue weighted by Crippen LogP contribution is 2.37. The fourth-order valence-electron chi connectivity index (χ4n) is 12.9. The molecule has 0 fully saturated rings. The van der Waals surface area contributed by atoms with E-state index in [1.54, 1.807) is 133 Å². The largest absolute Gasteiger partial charge is 0.466 e. The highest BCUT2D eigenvalue weighted by molar-refractivity contribution is 7.19. The van der Waals surface area contributed by atoms with Crippen LogP contribution in [0.25, 0.3) is 63.0 Å². The fourth-order valence-corrected chi connectivity index (χ4v) is 18.1. The van der Waals surface area contributed by atoms with Gasteiger partial charge in [-0.15, -0.1) is 46.4 Å². The van der Waals surface area contributed by atoms with Crippen molar-refractivity contribution in [1.29, 1.82) is 0 Å². The molecule has 0 aliphatic carbocycles. The molecule has 4 N–H and O–H groups in total. The second-order valence-electron chi connectivity index (χ2n) is 28.1. The number of halogens is 10. The van der Waals surface area contributed by atoms with E-state index in [1.807, 2.05) is 0 Å². The van der Waals surface area contributed by atoms with Crippen LogP contribution in [0, 0.1) is 5.92 Å². The Bertz CT molecular complexity index is 6130. The molecule has 127 heavy (non-hydrogen) atoms. The van der Waals surface area contributed by atoms with E-state index >= 15 is 0 Å². The summed E-state index contributed by atoms with van der Waals surface area (Å²) in [6.45, 7) is 7.48. The average molecular weight is 1890 g/mol. The zero-order valence-electron chi connectivity index (χ0n) is 66.9. The predicted octanol–water partition coefficient (Wildman–Crippen LogP) is 15.9. The molecule has 9 heterocycles. The summed E-state index contributed by atoms with van der Waals surface area (Å²) >= 11 is 7.32. The van der Waals surface area contributed by atoms with Crippen LogP contribution < -0.4 is 42.4 Å². The number of nitrogens with zero attached hydrogens (tertiary/aromatic N) is 9. The Morgan fingerprint density at radius 2 is 0.654 bits per heavy atom. The molecule has 3 atom stereocenters. The molecule has 0 saturated heterocycles. The summed E-state index contributed by atoms with van der Waals surface area (Å²) < 4.78 is 154. The summed E-state index contributed by atoms with van der Waals surface area (Å²) in [7, 11) is 0. The van der Waals surface area contributed by atoms with Crippen LogP contribution in [0.5, 0.6) is 17.2 Å². The maximum absolute atomic E-state index is 13.1. The molecule has 0 saturated carbocycles. The van der Waals surface area contributed by atoms with Gasteiger partial charge in [0.2, 0.25) is 0 Å². The normalized spacial score (nSPS) is 12.4. The average Bonchev–Trinajstić information content (AvgIpc) is 1.65. The third-order valence-corrected chi connectivity index (χ3v) is 24.2. The predicted molar refractivity (Wildman–Crippen MR) is 464 cm³/mol. The number of esters is 6. The number of benzene rings is 6. The molecule has 15 rings (SSSR count). The molecule has 0 amide bonds. The monoisotopic (exact) mass is 1880 g/mol. The molecule has 0 unspecified atom stereocenters. The standard InChI is InChI=1S/C29H24F3N3O5S2.2C28H23F3N4O5S2.ClH/c1-3-39-28(38)16(2)10-17-4-7-19(8-5-17)40-26(36)12-22-20-14-41-15-21(20)27(37)35(34-22)13-25-33-23-11-18(29(30,31)32)6-9-24(23)42-25;2*1-2-39-27(38)20(32)9-15-3-6-17(7-4-15)40-25(36)11-21-18-13-41-14-19(18)26(37)35(34-21)12-24-33-22-10-16(28(29,30)31)5-8-23(22)42-24;/h4-9,11,14-16H,3,10,12-13H2,1-2H3;2*3-8,10,13-14,20H,2,9,11-12,32H2,1H3;1H/t16-;2*20-;/m000./s1. The number of rotatable bonds is 27. The van der Waals surface area contributed by atoms with Gasteiger partial charge in [-0.1, -0.05) is 43.3 Å². The Kier molecular flexibility index (Phi) is 30.1. The van der Waals surface area contributed by atoms with Crippen molar-refractivity contribution in [3.63, 3.8) is 0 Å². The topological polar surface area (TPSA) is 353 Å². The summed E-state index contributed by atoms with van der Waals surface area (Å²) in [6, 6.07) is 28.2. The van der Waals surface area contributed by atoms with Gasteiger partial charge in [0.05, 0.1) is 145 Å². The smallest absolute Gasteiger partial charge is 0.416 e. The van der Waals surface area contributed by atoms with Crippen LogP contribution in [0.3, 0.4) is 0 Å². The Labute approximate surface area is 742 Å². The number of thiazole rings is 3. The van der Waals surface area contributed by atoms with E-state index < -0.39 is 93.8 Å². The minimum absolute atomic E-state index is 0. The van der Waals surface area contributed by atoms with Crippen LogP contribution in [-0.4, -0.2) is 112 Å². The first-order chi connectivity index (χ1) is 60.0. The summed E-state index contributed by atoms with van der Waals surface area (Å²) in [6.07, 6.45) is -13.2. The summed E-state index contributed by atoms with van der Waals surface area (Å²) in [5, 5.41) is 27.2. The molecule has 0 aliphatic rings. The Morgan fingerprint density at radius 1 is 0.386 bits per heavy atom. The van der Waals surface area contributed by atoms with E-state index in [9.17, 15) is 82.7 Å². The van der Waals surface area contributed by atoms with E-state index in [4.69, 9.17) is 39.9 Å². The van der Waals surface area contributed by atoms with E-state index in [0.717, 1.165) is 96.5 Å². The first kappa shape index (κ1) is 94.1. The molecule has 662 valence electrons. The maximum atomic E-state index is 13.1. The number of carbonyl (C=O) groups is 6. The molecular formula is C85H71ClF9N11O15S6. The lowest BCUT2D eigenvalue weighted by Gasteiger charge is -2.11. The summed E-state index contributed by atoms with van der Waals surface area (Å²) in [5.41, 5.74) is 12.0. The number of ether oxygens (including phenoxy) is 6. The number of aromatic nitrogens is 9. The van der Waals surface area contributed by atoms with Crippen molar-refractivity contribution in [1.82, 2.24) is 44.3 Å². The van der Waals surface area contributed by atoms with Crippen molar-refractivity contribution in [2.45, 2.75) is 116 Å². The molecule has 0 radical (unpaired) electrons. The number of carbonyl (C=O) groups excluding carboxylic acids is 6. The van der Waals surface area contributed by atoms with Gasteiger partial charge < -0.3 is 39.9 Å². The molecule has 0 aliphatic heterocycles. The van der Waals surface area contributed by atoms with Crippen LogP contribution in [0.4, 0.5) is 39.5 Å². The third-order valence-electron chi connectivity index (χ3n) is 18.9. The summed E-state index contributed by atoms with van der Waals surface area (Å²) in [4.78, 5) is 126. The number of thiophene rings is 3. The van der Waals surface area contributed by atoms with Gasteiger partial charge in [0.15, 0.2) is 0 Å². The highest BCUT2D eigenvalue weighted by Gasteiger charge is 2.34. The maximum Gasteiger partial charge on any atom is 0.416 e. The Balaban J connectivity index is 0.000000172. The lowest BCUT2D eigenvalue weighted by molar-refractivity contribution is -0.147. The lowest BCUT2D eigenvalue weighted by atomic mass is 10.0. The van der Waals surface area contributed by atoms with E-state index in [0.29, 0.717) is 97.3 Å². The first-order valence-corrected chi connectivity index (χ1v) is 43.5. The SMILES string of the molecule is CCOC(=O)[C@@H](C)Cc1ccc(OC(=O)Cc2nn(Cc3nc4cc(C(F)(F)F)ccc4s3)c(=O)c3cscc23)cc1.CCOC(=O)[C@@H](N)Cc1ccc(OC(=O)Cc2nn(Cc3nc4cc(C(F)(F)F)ccc4s3)c(=O)c3cscc23)cc1.CCOC(=O)[C@@H](N)Cc1ccc(OC(=O)Cc2nn(Cc3nc4cc(C(F)(F)F)ccc4s3)c(=O)c3cscc23)cc1.Cl. The van der Waals surface area contributed by atoms with Gasteiger partial charge >= 0.3 is 54.3 Å². The van der Waals surface area contributed by atoms with Gasteiger partial charge in [-0.2, -0.15) is 88.8 Å². The molecule has 0 bridgehead atoms. The van der Waals surface area contributed by atoms with Crippen molar-refractivity contribution in [3.8, 4) is 17.2 Å². The van der Waals surface area contributed by atoms with Gasteiger partial charge in [-0.25, -0.2) is 29.0 Å². The van der Waals surface area contributed by atoms with Gasteiger partial charge in [0, 0.05) is 48.4 Å². The van der Waals surface area contributed by atoms with E-state index in [-0.39, 0.29) is 117 Å². The minimum atomic E-state index is -4.50. The quantitative estimate of drug-likeness (QED) is 0.0209. The Morgan fingerprint density at radius 3 is 0.929 bits per heavy atom. The highest BCUT2D eigenvalue weighted by atomic mass is 35.5. The van der Waals surface area contributed by atoms with Crippen LogP contribution in [0.15, 0.2) is 174 Å². The van der Waals surface area contributed by atoms with Crippen LogP contribution >= 0.6 is 80.4 Å². The van der Waals surface area contributed by atoms with Gasteiger partial charge in [-0.3, -0.25) is 43.2 Å². The van der Waals surface area contributed by atoms with Gasteiger partial charge in [0.1, 0.15) is 44.4 Å². The lowest BCUT2D eigenvalue weighted by Crippen LogP contribution is -2.34. The molecule has 26 nitrogen and oxygen atoms in total. The molecule has 15 aromatic rings. The zero-order valence-corrected chi connectivity index (χ0v) is 72.6. The molecule has 42 heteroatoms. The first-order valence-electron chi connectivity index (χ1n) is 38.2. The summed E-state index contributed by atoms with van der Waals surface area (Å²) in [5.74, 6) is -2.55. The van der Waals surface area contributed by atoms with Crippen molar-refractivity contribution in [2.24, 2.45) is 17.4 Å². The van der Waals surface area contributed by atoms with Crippen molar-refractivity contribution >= 4 is 179 Å². The number of fused-ring (bicyclic) bond motifs is 6. The molecular weight excluding hydrogens is 1810 g/mol. The molecule has 9 aromatic heterocycles. The van der Waals surface area contributed by atoms with Crippen LogP contribution in [0.1, 0.15) is 93.2 Å². The Hall–Kier alpha value is -12.1.